The largest absolute Gasteiger partial charge is 0.307 e. The average Bonchev–Trinajstić information content (AvgIpc) is 2.72. The summed E-state index contributed by atoms with van der Waals surface area (Å²) in [4.78, 5) is 0. The molecule has 3 unspecified atom stereocenters. The molecule has 0 heterocycles. The van der Waals surface area contributed by atoms with E-state index in [1.807, 2.05) is 0 Å². The van der Waals surface area contributed by atoms with E-state index in [9.17, 15) is 0 Å². The van der Waals surface area contributed by atoms with Crippen LogP contribution in [0.2, 0.25) is 0 Å². The summed E-state index contributed by atoms with van der Waals surface area (Å²) in [5, 5.41) is 3.95. The zero-order valence-electron chi connectivity index (χ0n) is 13.7. The SMILES string of the molecule is Cc1cccc([C@@H](C)NC2CC3CCC2(C)C3(C)C)c1. The number of hydrogen-bond donors (Lipinski definition) is 1. The van der Waals surface area contributed by atoms with Crippen molar-refractivity contribution in [3.05, 3.63) is 35.4 Å². The molecule has 3 rings (SSSR count). The third kappa shape index (κ3) is 1.94. The Kier molecular flexibility index (Phi) is 3.25. The zero-order valence-corrected chi connectivity index (χ0v) is 13.7. The van der Waals surface area contributed by atoms with Crippen molar-refractivity contribution in [3.63, 3.8) is 0 Å². The third-order valence-corrected chi connectivity index (χ3v) is 6.79. The van der Waals surface area contributed by atoms with Crippen molar-refractivity contribution in [2.45, 2.75) is 66.0 Å². The quantitative estimate of drug-likeness (QED) is 0.827. The van der Waals surface area contributed by atoms with Crippen LogP contribution >= 0.6 is 0 Å². The predicted molar refractivity (Wildman–Crippen MR) is 85.7 cm³/mol. The highest BCUT2D eigenvalue weighted by Crippen LogP contribution is 2.65. The third-order valence-electron chi connectivity index (χ3n) is 6.79. The first-order valence-corrected chi connectivity index (χ1v) is 8.17. The van der Waals surface area contributed by atoms with Gasteiger partial charge in [0.25, 0.3) is 0 Å². The van der Waals surface area contributed by atoms with Crippen molar-refractivity contribution >= 4 is 0 Å². The molecule has 4 atom stereocenters. The standard InChI is InChI=1S/C19H29N/c1-13-7-6-8-15(11-13)14(2)20-17-12-16-9-10-19(17,5)18(16,3)4/h6-8,11,14,16-17,20H,9-10,12H2,1-5H3/t14-,16?,17?,19?/m1/s1. The van der Waals surface area contributed by atoms with E-state index in [1.54, 1.807) is 0 Å². The lowest BCUT2D eigenvalue weighted by Gasteiger charge is -2.40. The van der Waals surface area contributed by atoms with Gasteiger partial charge in [-0.15, -0.1) is 0 Å². The summed E-state index contributed by atoms with van der Waals surface area (Å²) in [6.07, 6.45) is 4.18. The normalized spacial score (nSPS) is 36.2. The van der Waals surface area contributed by atoms with E-state index in [1.165, 1.54) is 30.4 Å². The second-order valence-electron chi connectivity index (χ2n) is 7.97. The molecule has 0 aromatic heterocycles. The maximum Gasteiger partial charge on any atom is 0.0294 e. The highest BCUT2D eigenvalue weighted by Gasteiger charge is 2.61. The summed E-state index contributed by atoms with van der Waals surface area (Å²) >= 11 is 0. The molecule has 1 N–H and O–H groups in total. The lowest BCUT2D eigenvalue weighted by atomic mass is 9.69. The molecule has 2 saturated carbocycles. The second kappa shape index (κ2) is 4.59. The van der Waals surface area contributed by atoms with Gasteiger partial charge in [-0.3, -0.25) is 0 Å². The highest BCUT2D eigenvalue weighted by atomic mass is 15.0. The van der Waals surface area contributed by atoms with E-state index >= 15 is 0 Å². The molecule has 0 saturated heterocycles. The summed E-state index contributed by atoms with van der Waals surface area (Å²) < 4.78 is 0. The average molecular weight is 271 g/mol. The highest BCUT2D eigenvalue weighted by molar-refractivity contribution is 5.25. The first-order valence-electron chi connectivity index (χ1n) is 8.17. The van der Waals surface area contributed by atoms with E-state index in [4.69, 9.17) is 0 Å². The van der Waals surface area contributed by atoms with Crippen molar-refractivity contribution in [3.8, 4) is 0 Å². The lowest BCUT2D eigenvalue weighted by molar-refractivity contribution is 0.116. The van der Waals surface area contributed by atoms with Crippen molar-refractivity contribution in [1.29, 1.82) is 0 Å². The van der Waals surface area contributed by atoms with Crippen LogP contribution < -0.4 is 5.32 Å². The predicted octanol–water partition coefficient (Wildman–Crippen LogP) is 4.86. The van der Waals surface area contributed by atoms with Gasteiger partial charge in [0, 0.05) is 12.1 Å². The smallest absolute Gasteiger partial charge is 0.0294 e. The van der Waals surface area contributed by atoms with Crippen LogP contribution in [-0.4, -0.2) is 6.04 Å². The van der Waals surface area contributed by atoms with Crippen molar-refractivity contribution in [2.24, 2.45) is 16.7 Å². The van der Waals surface area contributed by atoms with Crippen LogP contribution in [0, 0.1) is 23.7 Å². The Morgan fingerprint density at radius 3 is 2.55 bits per heavy atom. The van der Waals surface area contributed by atoms with Gasteiger partial charge >= 0.3 is 0 Å². The molecule has 0 aliphatic heterocycles. The topological polar surface area (TPSA) is 12.0 Å². The fraction of sp³-hybridized carbons (Fsp3) is 0.684. The van der Waals surface area contributed by atoms with Gasteiger partial charge < -0.3 is 5.32 Å². The van der Waals surface area contributed by atoms with E-state index in [0.717, 1.165) is 5.92 Å². The molecule has 0 spiro atoms. The summed E-state index contributed by atoms with van der Waals surface area (Å²) in [7, 11) is 0. The van der Waals surface area contributed by atoms with Crippen LogP contribution in [0.4, 0.5) is 0 Å². The zero-order chi connectivity index (χ0) is 14.5. The first-order chi connectivity index (χ1) is 9.34. The Hall–Kier alpha value is -0.820. The Morgan fingerprint density at radius 1 is 1.25 bits per heavy atom. The van der Waals surface area contributed by atoms with E-state index in [-0.39, 0.29) is 0 Å². The van der Waals surface area contributed by atoms with Crippen LogP contribution in [0.1, 0.15) is 64.1 Å². The van der Waals surface area contributed by atoms with E-state index in [0.29, 0.717) is 22.9 Å². The second-order valence-corrected chi connectivity index (χ2v) is 7.97. The monoisotopic (exact) mass is 271 g/mol. The Balaban J connectivity index is 1.76. The number of benzene rings is 1. The van der Waals surface area contributed by atoms with Gasteiger partial charge in [-0.05, 0) is 55.4 Å². The molecular formula is C19H29N. The number of nitrogens with one attached hydrogen (secondary N) is 1. The Labute approximate surface area is 124 Å². The Bertz CT molecular complexity index is 504. The van der Waals surface area contributed by atoms with E-state index < -0.39 is 0 Å². The molecule has 0 amide bonds. The molecule has 0 radical (unpaired) electrons. The van der Waals surface area contributed by atoms with Crippen LogP contribution in [0.5, 0.6) is 0 Å². The lowest BCUT2D eigenvalue weighted by Crippen LogP contribution is -2.45. The molecule has 1 aromatic rings. The van der Waals surface area contributed by atoms with Crippen molar-refractivity contribution < 1.29 is 0 Å². The molecule has 2 fully saturated rings. The van der Waals surface area contributed by atoms with Crippen molar-refractivity contribution in [2.75, 3.05) is 0 Å². The summed E-state index contributed by atoms with van der Waals surface area (Å²) in [6, 6.07) is 10.1. The number of aryl methyl sites for hydroxylation is 1. The van der Waals surface area contributed by atoms with Gasteiger partial charge in [0.1, 0.15) is 0 Å². The van der Waals surface area contributed by atoms with Crippen LogP contribution in [-0.2, 0) is 0 Å². The fourth-order valence-electron chi connectivity index (χ4n) is 4.79. The number of hydrogen-bond acceptors (Lipinski definition) is 1. The van der Waals surface area contributed by atoms with Gasteiger partial charge in [0.05, 0.1) is 0 Å². The van der Waals surface area contributed by atoms with Crippen LogP contribution in [0.3, 0.4) is 0 Å². The minimum Gasteiger partial charge on any atom is -0.307 e. The summed E-state index contributed by atoms with van der Waals surface area (Å²) in [5.41, 5.74) is 3.75. The number of rotatable bonds is 3. The molecule has 2 aliphatic carbocycles. The van der Waals surface area contributed by atoms with E-state index in [2.05, 4.69) is 64.2 Å². The van der Waals surface area contributed by atoms with Crippen LogP contribution in [0.25, 0.3) is 0 Å². The van der Waals surface area contributed by atoms with Gasteiger partial charge in [0.2, 0.25) is 0 Å². The van der Waals surface area contributed by atoms with Crippen LogP contribution in [0.15, 0.2) is 24.3 Å². The summed E-state index contributed by atoms with van der Waals surface area (Å²) in [5.74, 6) is 0.912. The molecule has 110 valence electrons. The maximum atomic E-state index is 3.95. The van der Waals surface area contributed by atoms with Gasteiger partial charge in [0.15, 0.2) is 0 Å². The van der Waals surface area contributed by atoms with Gasteiger partial charge in [-0.2, -0.15) is 0 Å². The molecule has 20 heavy (non-hydrogen) atoms. The molecule has 2 aliphatic rings. The molecule has 1 aromatic carbocycles. The summed E-state index contributed by atoms with van der Waals surface area (Å²) in [6.45, 7) is 12.0. The minimum atomic E-state index is 0.451. The minimum absolute atomic E-state index is 0.451. The van der Waals surface area contributed by atoms with Crippen molar-refractivity contribution in [1.82, 2.24) is 5.32 Å². The van der Waals surface area contributed by atoms with Gasteiger partial charge in [-0.25, -0.2) is 0 Å². The molecular weight excluding hydrogens is 242 g/mol. The maximum absolute atomic E-state index is 3.95. The Morgan fingerprint density at radius 2 is 2.00 bits per heavy atom. The van der Waals surface area contributed by atoms with Gasteiger partial charge in [-0.1, -0.05) is 50.6 Å². The number of fused-ring (bicyclic) bond motifs is 2. The molecule has 1 heteroatoms. The molecule has 1 nitrogen and oxygen atoms in total. The molecule has 2 bridgehead atoms. The first kappa shape index (κ1) is 14.1. The fourth-order valence-corrected chi connectivity index (χ4v) is 4.79.